The third-order valence-electron chi connectivity index (χ3n) is 7.29. The van der Waals surface area contributed by atoms with Gasteiger partial charge < -0.3 is 9.84 Å². The van der Waals surface area contributed by atoms with Crippen LogP contribution in [0, 0.1) is 11.7 Å². The fourth-order valence-electron chi connectivity index (χ4n) is 4.88. The topological polar surface area (TPSA) is 104 Å². The van der Waals surface area contributed by atoms with Crippen molar-refractivity contribution in [3.05, 3.63) is 59.9 Å². The van der Waals surface area contributed by atoms with Crippen molar-refractivity contribution in [2.45, 2.75) is 61.5 Å². The van der Waals surface area contributed by atoms with Crippen LogP contribution < -0.4 is 4.74 Å². The third kappa shape index (κ3) is 5.81. The van der Waals surface area contributed by atoms with Gasteiger partial charge >= 0.3 is 0 Å². The Labute approximate surface area is 224 Å². The Morgan fingerprint density at radius 1 is 1.18 bits per heavy atom. The molecule has 1 heterocycles. The second-order valence-corrected chi connectivity index (χ2v) is 14.0. The summed E-state index contributed by atoms with van der Waals surface area (Å²) in [5.41, 5.74) is 2.00. The summed E-state index contributed by atoms with van der Waals surface area (Å²) in [5.74, 6) is -0.799. The molecule has 2 aromatic rings. The number of aliphatic hydroxyl groups is 1. The van der Waals surface area contributed by atoms with Crippen LogP contribution in [0.25, 0.3) is 5.57 Å². The highest BCUT2D eigenvalue weighted by atomic mass is 32.2. The number of rotatable bonds is 7. The molecule has 0 aromatic heterocycles. The molecule has 2 aromatic carbocycles. The van der Waals surface area contributed by atoms with Crippen LogP contribution in [0.5, 0.6) is 5.75 Å². The number of ether oxygens (including phenoxy) is 1. The molecule has 0 amide bonds. The van der Waals surface area contributed by atoms with Crippen LogP contribution in [0.3, 0.4) is 0 Å². The molecule has 0 unspecified atom stereocenters. The first-order valence-corrected chi connectivity index (χ1v) is 15.7. The van der Waals surface area contributed by atoms with E-state index in [2.05, 4.69) is 6.08 Å². The predicted molar refractivity (Wildman–Crippen MR) is 143 cm³/mol. The lowest BCUT2D eigenvalue weighted by molar-refractivity contribution is 0.0904. The molecule has 208 valence electrons. The summed E-state index contributed by atoms with van der Waals surface area (Å²) in [4.78, 5) is -0.0659. The van der Waals surface area contributed by atoms with Crippen molar-refractivity contribution in [2.24, 2.45) is 5.92 Å². The van der Waals surface area contributed by atoms with E-state index in [-0.39, 0.29) is 35.2 Å². The Morgan fingerprint density at radius 2 is 1.89 bits per heavy atom. The van der Waals surface area contributed by atoms with E-state index in [0.29, 0.717) is 0 Å². The minimum absolute atomic E-state index is 0.0149. The Balaban J connectivity index is 1.74. The largest absolute Gasteiger partial charge is 0.487 e. The van der Waals surface area contributed by atoms with E-state index < -0.39 is 43.9 Å². The van der Waals surface area contributed by atoms with Crippen LogP contribution in [0.1, 0.15) is 45.1 Å². The van der Waals surface area contributed by atoms with Crippen LogP contribution in [-0.2, 0) is 20.0 Å². The van der Waals surface area contributed by atoms with Crippen LogP contribution in [0.2, 0.25) is 0 Å². The summed E-state index contributed by atoms with van der Waals surface area (Å²) in [7, 11) is -6.53. The maximum absolute atomic E-state index is 13.7. The molecule has 1 aliphatic heterocycles. The smallest absolute Gasteiger partial charge is 0.247 e. The van der Waals surface area contributed by atoms with E-state index in [0.717, 1.165) is 53.3 Å². The molecule has 8 nitrogen and oxygen atoms in total. The highest BCUT2D eigenvalue weighted by Gasteiger charge is 2.39. The van der Waals surface area contributed by atoms with E-state index in [1.54, 1.807) is 32.0 Å². The van der Waals surface area contributed by atoms with Crippen molar-refractivity contribution in [3.63, 3.8) is 0 Å². The second kappa shape index (κ2) is 11.4. The lowest BCUT2D eigenvalue weighted by Crippen LogP contribution is -2.50. The first kappa shape index (κ1) is 28.7. The van der Waals surface area contributed by atoms with Crippen LogP contribution in [0.4, 0.5) is 4.39 Å². The van der Waals surface area contributed by atoms with E-state index in [1.807, 2.05) is 0 Å². The summed E-state index contributed by atoms with van der Waals surface area (Å²) < 4.78 is 75.9. The van der Waals surface area contributed by atoms with Crippen molar-refractivity contribution in [1.82, 2.24) is 8.61 Å². The Bertz CT molecular complexity index is 1390. The average molecular weight is 567 g/mol. The zero-order valence-electron chi connectivity index (χ0n) is 21.9. The number of aliphatic hydroxyl groups excluding tert-OH is 1. The molecule has 1 N–H and O–H groups in total. The van der Waals surface area contributed by atoms with Gasteiger partial charge in [0.15, 0.2) is 0 Å². The first-order chi connectivity index (χ1) is 17.9. The second-order valence-electron chi connectivity index (χ2n) is 10.1. The minimum Gasteiger partial charge on any atom is -0.487 e. The van der Waals surface area contributed by atoms with Gasteiger partial charge in [-0.15, -0.1) is 0 Å². The quantitative estimate of drug-likeness (QED) is 0.546. The predicted octanol–water partition coefficient (Wildman–Crippen LogP) is 3.87. The minimum atomic E-state index is -4.00. The Morgan fingerprint density at radius 3 is 2.53 bits per heavy atom. The molecule has 2 aliphatic rings. The number of halogens is 1. The average Bonchev–Trinajstić information content (AvgIpc) is 2.90. The maximum atomic E-state index is 13.7. The molecule has 0 fully saturated rings. The number of sulfonamides is 2. The summed E-state index contributed by atoms with van der Waals surface area (Å²) in [6.07, 6.45) is 5.47. The highest BCUT2D eigenvalue weighted by molar-refractivity contribution is 7.89. The number of hydrogen-bond acceptors (Lipinski definition) is 6. The fourth-order valence-corrected chi connectivity index (χ4v) is 7.89. The fraction of sp³-hybridized carbons (Fsp3) is 0.481. The van der Waals surface area contributed by atoms with E-state index >= 15 is 0 Å². The molecule has 0 saturated heterocycles. The number of hydrogen-bond donors (Lipinski definition) is 1. The van der Waals surface area contributed by atoms with Crippen molar-refractivity contribution >= 4 is 25.6 Å². The van der Waals surface area contributed by atoms with Crippen molar-refractivity contribution in [3.8, 4) is 5.75 Å². The van der Waals surface area contributed by atoms with Crippen LogP contribution in [0.15, 0.2) is 58.3 Å². The Kier molecular flexibility index (Phi) is 8.63. The van der Waals surface area contributed by atoms with E-state index in [9.17, 15) is 26.3 Å². The van der Waals surface area contributed by atoms with Gasteiger partial charge in [0, 0.05) is 25.6 Å². The molecular formula is C27H35FN2O6S2. The lowest BCUT2D eigenvalue weighted by atomic mass is 9.93. The maximum Gasteiger partial charge on any atom is 0.247 e. The molecule has 1 aliphatic carbocycles. The van der Waals surface area contributed by atoms with Crippen LogP contribution >= 0.6 is 0 Å². The van der Waals surface area contributed by atoms with Gasteiger partial charge in [0.25, 0.3) is 0 Å². The van der Waals surface area contributed by atoms with Crippen LogP contribution in [-0.4, -0.2) is 69.4 Å². The zero-order valence-corrected chi connectivity index (χ0v) is 23.5. The number of benzene rings is 2. The summed E-state index contributed by atoms with van der Waals surface area (Å²) >= 11 is 0. The summed E-state index contributed by atoms with van der Waals surface area (Å²) in [6, 6.07) is 8.96. The number of nitrogens with zero attached hydrogens (tertiary/aromatic N) is 2. The number of likely N-dealkylation sites (N-methyl/N-ethyl adjacent to an activating group) is 1. The summed E-state index contributed by atoms with van der Waals surface area (Å²) in [6.45, 7) is 3.04. The Hall–Kier alpha value is -2.31. The molecule has 4 rings (SSSR count). The van der Waals surface area contributed by atoms with E-state index in [1.165, 1.54) is 23.5 Å². The monoisotopic (exact) mass is 566 g/mol. The SMILES string of the molecule is C[C@@H]1CN([C@@H](C)CO)S(=O)(=O)c2ccc(C3=CCCCC3)cc2O[C@H]1CN(C)S(=O)(=O)c1ccc(F)cc1. The van der Waals surface area contributed by atoms with E-state index in [4.69, 9.17) is 4.74 Å². The molecule has 0 saturated carbocycles. The normalized spacial score (nSPS) is 23.1. The van der Waals surface area contributed by atoms with Gasteiger partial charge in [-0.1, -0.05) is 19.1 Å². The van der Waals surface area contributed by atoms with Gasteiger partial charge in [-0.3, -0.25) is 0 Å². The first-order valence-electron chi connectivity index (χ1n) is 12.8. The van der Waals surface area contributed by atoms with Gasteiger partial charge in [0.2, 0.25) is 20.0 Å². The number of allylic oxidation sites excluding steroid dienone is 2. The van der Waals surface area contributed by atoms with Gasteiger partial charge in [0.05, 0.1) is 18.0 Å². The standard InChI is InChI=1S/C27H35FN2O6S2/c1-19-16-30(20(2)18-31)38(34,35)27-14-9-22(21-7-5-4-6-8-21)15-25(27)36-26(19)17-29(3)37(32,33)24-12-10-23(28)11-13-24/h7,9-15,19-20,26,31H,4-6,8,16-18H2,1-3H3/t19-,20+,26+/m1/s1. The third-order valence-corrected chi connectivity index (χ3v) is 11.1. The van der Waals surface area contributed by atoms with Gasteiger partial charge in [-0.25, -0.2) is 21.2 Å². The zero-order chi connectivity index (χ0) is 27.7. The molecular weight excluding hydrogens is 531 g/mol. The molecule has 38 heavy (non-hydrogen) atoms. The number of fused-ring (bicyclic) bond motifs is 1. The van der Waals surface area contributed by atoms with Gasteiger partial charge in [-0.05, 0) is 80.1 Å². The van der Waals surface area contributed by atoms with Crippen molar-refractivity contribution in [2.75, 3.05) is 26.7 Å². The summed E-state index contributed by atoms with van der Waals surface area (Å²) in [5, 5.41) is 9.83. The molecule has 0 bridgehead atoms. The van der Waals surface area contributed by atoms with Crippen molar-refractivity contribution in [1.29, 1.82) is 0 Å². The highest BCUT2D eigenvalue weighted by Crippen LogP contribution is 2.37. The molecule has 3 atom stereocenters. The van der Waals surface area contributed by atoms with Gasteiger partial charge in [-0.2, -0.15) is 8.61 Å². The molecule has 0 spiro atoms. The molecule has 11 heteroatoms. The molecule has 0 radical (unpaired) electrons. The van der Waals surface area contributed by atoms with Crippen molar-refractivity contribution < 1.29 is 31.1 Å². The lowest BCUT2D eigenvalue weighted by Gasteiger charge is -2.37. The van der Waals surface area contributed by atoms with Gasteiger partial charge in [0.1, 0.15) is 22.6 Å².